The van der Waals surface area contributed by atoms with Crippen molar-refractivity contribution in [2.45, 2.75) is 19.5 Å². The lowest BCUT2D eigenvalue weighted by Gasteiger charge is -2.16. The van der Waals surface area contributed by atoms with E-state index in [1.807, 2.05) is 0 Å². The van der Waals surface area contributed by atoms with Crippen molar-refractivity contribution >= 4 is 5.97 Å². The lowest BCUT2D eigenvalue weighted by molar-refractivity contribution is -0.139. The first kappa shape index (κ1) is 16.1. The Bertz CT molecular complexity index is 502. The Kier molecular flexibility index (Phi) is 4.85. The highest BCUT2D eigenvalue weighted by molar-refractivity contribution is 5.92. The number of hydrogen-bond acceptors (Lipinski definition) is 4. The summed E-state index contributed by atoms with van der Waals surface area (Å²) in [6, 6.07) is 0.355. The molecule has 0 saturated heterocycles. The van der Waals surface area contributed by atoms with E-state index < -0.39 is 41.3 Å². The minimum atomic E-state index is -5.00. The molecule has 0 atom stereocenters. The van der Waals surface area contributed by atoms with Crippen molar-refractivity contribution in [1.82, 2.24) is 4.98 Å². The van der Waals surface area contributed by atoms with Crippen molar-refractivity contribution in [1.29, 1.82) is 0 Å². The third kappa shape index (κ3) is 3.34. The predicted molar refractivity (Wildman–Crippen MR) is 56.7 cm³/mol. The van der Waals surface area contributed by atoms with Crippen LogP contribution < -0.4 is 4.74 Å². The van der Waals surface area contributed by atoms with Gasteiger partial charge in [0, 0.05) is 0 Å². The summed E-state index contributed by atoms with van der Waals surface area (Å²) < 4.78 is 72.7. The Hall–Kier alpha value is -1.93. The number of pyridine rings is 1. The number of carbonyl (C=O) groups is 1. The zero-order valence-corrected chi connectivity index (χ0v) is 10.4. The number of esters is 1. The van der Waals surface area contributed by atoms with E-state index in [1.54, 1.807) is 0 Å². The van der Waals surface area contributed by atoms with Gasteiger partial charge >= 0.3 is 12.1 Å². The van der Waals surface area contributed by atoms with Crippen LogP contribution >= 0.6 is 0 Å². The van der Waals surface area contributed by atoms with Crippen LogP contribution in [0.3, 0.4) is 0 Å². The molecule has 0 N–H and O–H groups in total. The van der Waals surface area contributed by atoms with Crippen LogP contribution in [-0.2, 0) is 10.9 Å². The van der Waals surface area contributed by atoms with Crippen molar-refractivity contribution in [3.8, 4) is 5.88 Å². The van der Waals surface area contributed by atoms with Crippen LogP contribution in [-0.4, -0.2) is 24.7 Å². The number of rotatable bonds is 4. The Morgan fingerprint density at radius 1 is 1.40 bits per heavy atom. The van der Waals surface area contributed by atoms with Gasteiger partial charge in [-0.25, -0.2) is 18.6 Å². The lowest BCUT2D eigenvalue weighted by Crippen LogP contribution is -2.18. The van der Waals surface area contributed by atoms with Crippen LogP contribution in [0.4, 0.5) is 22.0 Å². The first-order chi connectivity index (χ1) is 9.22. The number of methoxy groups -OCH3 is 1. The van der Waals surface area contributed by atoms with Crippen LogP contribution in [0.1, 0.15) is 35.0 Å². The fourth-order valence-corrected chi connectivity index (χ4v) is 1.44. The van der Waals surface area contributed by atoms with Gasteiger partial charge in [0.15, 0.2) is 0 Å². The number of halogens is 5. The molecule has 0 saturated carbocycles. The molecule has 0 unspecified atom stereocenters. The molecule has 9 heteroatoms. The fourth-order valence-electron chi connectivity index (χ4n) is 1.44. The molecule has 0 fully saturated rings. The number of hydrogen-bond donors (Lipinski definition) is 0. The predicted octanol–water partition coefficient (Wildman–Crippen LogP) is 3.22. The molecule has 0 bridgehead atoms. The summed E-state index contributed by atoms with van der Waals surface area (Å²) in [6.07, 6.45) is -8.15. The molecule has 0 aliphatic carbocycles. The van der Waals surface area contributed by atoms with Crippen LogP contribution in [0.25, 0.3) is 0 Å². The van der Waals surface area contributed by atoms with Gasteiger partial charge in [-0.15, -0.1) is 0 Å². The highest BCUT2D eigenvalue weighted by Gasteiger charge is 2.41. The molecular formula is C11H10F5NO3. The van der Waals surface area contributed by atoms with Gasteiger partial charge in [0.05, 0.1) is 19.3 Å². The number of alkyl halides is 5. The van der Waals surface area contributed by atoms with E-state index >= 15 is 0 Å². The van der Waals surface area contributed by atoms with Crippen LogP contribution in [0, 0.1) is 0 Å². The fraction of sp³-hybridized carbons (Fsp3) is 0.455. The van der Waals surface area contributed by atoms with Crippen molar-refractivity contribution in [2.75, 3.05) is 13.7 Å². The van der Waals surface area contributed by atoms with Crippen LogP contribution in [0.5, 0.6) is 5.88 Å². The van der Waals surface area contributed by atoms with Crippen LogP contribution in [0.15, 0.2) is 6.07 Å². The van der Waals surface area contributed by atoms with Gasteiger partial charge in [0.1, 0.15) is 11.3 Å². The van der Waals surface area contributed by atoms with E-state index in [9.17, 15) is 26.7 Å². The van der Waals surface area contributed by atoms with Gasteiger partial charge in [-0.05, 0) is 13.0 Å². The molecule has 20 heavy (non-hydrogen) atoms. The van der Waals surface area contributed by atoms with Crippen LogP contribution in [0.2, 0.25) is 0 Å². The molecule has 1 aromatic heterocycles. The molecule has 4 nitrogen and oxygen atoms in total. The maximum Gasteiger partial charge on any atom is 0.422 e. The molecule has 112 valence electrons. The molecule has 1 rings (SSSR count). The zero-order valence-electron chi connectivity index (χ0n) is 10.4. The normalized spacial score (nSPS) is 11.6. The zero-order chi connectivity index (χ0) is 15.5. The molecule has 0 amide bonds. The summed E-state index contributed by atoms with van der Waals surface area (Å²) in [4.78, 5) is 14.6. The summed E-state index contributed by atoms with van der Waals surface area (Å²) in [5.41, 5.74) is -3.60. The van der Waals surface area contributed by atoms with E-state index in [-0.39, 0.29) is 6.61 Å². The highest BCUT2D eigenvalue weighted by Crippen LogP contribution is 2.39. The van der Waals surface area contributed by atoms with Crippen molar-refractivity contribution in [2.24, 2.45) is 0 Å². The summed E-state index contributed by atoms with van der Waals surface area (Å²) in [7, 11) is 0.835. The summed E-state index contributed by atoms with van der Waals surface area (Å²) in [6.45, 7) is 1.17. The number of aromatic nitrogens is 1. The molecule has 1 heterocycles. The summed E-state index contributed by atoms with van der Waals surface area (Å²) >= 11 is 0. The Labute approximate surface area is 110 Å². The van der Waals surface area contributed by atoms with Gasteiger partial charge in [0.2, 0.25) is 5.88 Å². The molecule has 0 aliphatic heterocycles. The first-order valence-electron chi connectivity index (χ1n) is 5.33. The van der Waals surface area contributed by atoms with E-state index in [1.165, 1.54) is 6.92 Å². The monoisotopic (exact) mass is 299 g/mol. The second-order valence-corrected chi connectivity index (χ2v) is 3.50. The second-order valence-electron chi connectivity index (χ2n) is 3.50. The number of nitrogens with zero attached hydrogens (tertiary/aromatic N) is 1. The van der Waals surface area contributed by atoms with Gasteiger partial charge in [-0.1, -0.05) is 0 Å². The first-order valence-corrected chi connectivity index (χ1v) is 5.33. The molecule has 0 aliphatic rings. The molecule has 0 spiro atoms. The largest absolute Gasteiger partial charge is 0.481 e. The van der Waals surface area contributed by atoms with Crippen molar-refractivity contribution in [3.05, 3.63) is 22.9 Å². The van der Waals surface area contributed by atoms with E-state index in [0.29, 0.717) is 6.07 Å². The minimum absolute atomic E-state index is 0.204. The summed E-state index contributed by atoms with van der Waals surface area (Å²) in [5.74, 6) is -2.47. The molecular weight excluding hydrogens is 289 g/mol. The average molecular weight is 299 g/mol. The highest BCUT2D eigenvalue weighted by atomic mass is 19.4. The Morgan fingerprint density at radius 2 is 2.00 bits per heavy atom. The van der Waals surface area contributed by atoms with Crippen molar-refractivity contribution < 1.29 is 36.2 Å². The van der Waals surface area contributed by atoms with E-state index in [4.69, 9.17) is 0 Å². The average Bonchev–Trinajstić information content (AvgIpc) is 2.36. The maximum absolute atomic E-state index is 12.9. The summed E-state index contributed by atoms with van der Waals surface area (Å²) in [5, 5.41) is 0. The maximum atomic E-state index is 12.9. The SMILES string of the molecule is CCOC(=O)c1cc(C(F)F)nc(OC)c1C(F)(F)F. The topological polar surface area (TPSA) is 48.4 Å². The van der Waals surface area contributed by atoms with Gasteiger partial charge in [-0.2, -0.15) is 13.2 Å². The van der Waals surface area contributed by atoms with Gasteiger partial charge in [0.25, 0.3) is 6.43 Å². The number of ether oxygens (including phenoxy) is 2. The Morgan fingerprint density at radius 3 is 2.40 bits per heavy atom. The van der Waals surface area contributed by atoms with Gasteiger partial charge in [-0.3, -0.25) is 0 Å². The second kappa shape index (κ2) is 6.02. The van der Waals surface area contributed by atoms with Crippen molar-refractivity contribution in [3.63, 3.8) is 0 Å². The quantitative estimate of drug-likeness (QED) is 0.632. The Balaban J connectivity index is 3.57. The standard InChI is InChI=1S/C11H10F5NO3/c1-3-20-10(18)5-4-6(8(12)13)17-9(19-2)7(5)11(14,15)16/h4,8H,3H2,1-2H3. The third-order valence-corrected chi connectivity index (χ3v) is 2.20. The van der Waals surface area contributed by atoms with E-state index in [0.717, 1.165) is 7.11 Å². The molecule has 0 radical (unpaired) electrons. The van der Waals surface area contributed by atoms with E-state index in [2.05, 4.69) is 14.5 Å². The smallest absolute Gasteiger partial charge is 0.422 e. The molecule has 0 aromatic carbocycles. The minimum Gasteiger partial charge on any atom is -0.481 e. The lowest BCUT2D eigenvalue weighted by atomic mass is 10.1. The number of carbonyl (C=O) groups excluding carboxylic acids is 1. The van der Waals surface area contributed by atoms with Gasteiger partial charge < -0.3 is 9.47 Å². The third-order valence-electron chi connectivity index (χ3n) is 2.20. The molecule has 1 aromatic rings.